The molecule has 17 nitrogen and oxygen atoms in total. The number of imidazole rings is 1. The predicted octanol–water partition coefficient (Wildman–Crippen LogP) is -2.91. The SMILES string of the molecule is NC(=O)CCC(NC(=O)C(Cc1ccc(O)cc1)NC(=O)C(N)Cc1cnc[nH]1)C(=O)NC(CCCN=C(N)N)C(=O)O. The zero-order valence-electron chi connectivity index (χ0n) is 23.4. The summed E-state index contributed by atoms with van der Waals surface area (Å²) >= 11 is 0. The van der Waals surface area contributed by atoms with Gasteiger partial charge in [-0.25, -0.2) is 9.78 Å². The summed E-state index contributed by atoms with van der Waals surface area (Å²) in [5, 5.41) is 26.6. The van der Waals surface area contributed by atoms with Crippen LogP contribution in [0.5, 0.6) is 5.75 Å². The van der Waals surface area contributed by atoms with E-state index in [0.29, 0.717) is 11.3 Å². The van der Waals surface area contributed by atoms with Gasteiger partial charge in [-0.2, -0.15) is 0 Å². The number of primary amides is 1. The van der Waals surface area contributed by atoms with Crippen LogP contribution in [0.2, 0.25) is 0 Å². The number of hydrogen-bond donors (Lipinski definition) is 10. The highest BCUT2D eigenvalue weighted by atomic mass is 16.4. The number of carbonyl (C=O) groups is 5. The lowest BCUT2D eigenvalue weighted by Crippen LogP contribution is -2.58. The molecule has 0 aliphatic carbocycles. The maximum atomic E-state index is 13.5. The van der Waals surface area contributed by atoms with Crippen molar-refractivity contribution in [2.24, 2.45) is 27.9 Å². The number of nitrogens with two attached hydrogens (primary N) is 4. The molecule has 1 heterocycles. The van der Waals surface area contributed by atoms with Crippen LogP contribution in [0.15, 0.2) is 41.8 Å². The summed E-state index contributed by atoms with van der Waals surface area (Å²) < 4.78 is 0. The molecule has 1 aromatic heterocycles. The Labute approximate surface area is 246 Å². The molecule has 43 heavy (non-hydrogen) atoms. The van der Waals surface area contributed by atoms with Crippen LogP contribution in [-0.4, -0.2) is 86.5 Å². The number of aromatic nitrogens is 2. The first-order chi connectivity index (χ1) is 20.3. The van der Waals surface area contributed by atoms with Gasteiger partial charge >= 0.3 is 5.97 Å². The number of carboxylic acids is 1. The summed E-state index contributed by atoms with van der Waals surface area (Å²) in [7, 11) is 0. The number of H-pyrrole nitrogens is 1. The van der Waals surface area contributed by atoms with E-state index in [1.165, 1.54) is 24.7 Å². The molecule has 4 atom stereocenters. The van der Waals surface area contributed by atoms with Crippen LogP contribution in [0.1, 0.15) is 36.9 Å². The topological polar surface area (TPSA) is 307 Å². The Morgan fingerprint density at radius 3 is 2.09 bits per heavy atom. The van der Waals surface area contributed by atoms with Gasteiger partial charge in [0.2, 0.25) is 23.6 Å². The van der Waals surface area contributed by atoms with Crippen molar-refractivity contribution < 1.29 is 34.2 Å². The number of carbonyl (C=O) groups excluding carboxylic acids is 4. The predicted molar refractivity (Wildman–Crippen MR) is 154 cm³/mol. The number of phenolic OH excluding ortho intramolecular Hbond substituents is 1. The lowest BCUT2D eigenvalue weighted by Gasteiger charge is -2.25. The number of guanidine groups is 1. The van der Waals surface area contributed by atoms with Gasteiger partial charge in [-0.05, 0) is 37.0 Å². The van der Waals surface area contributed by atoms with Crippen molar-refractivity contribution >= 4 is 35.6 Å². The molecule has 0 radical (unpaired) electrons. The monoisotopic (exact) mass is 602 g/mol. The number of phenols is 1. The quantitative estimate of drug-likeness (QED) is 0.0468. The summed E-state index contributed by atoms with van der Waals surface area (Å²) in [6.45, 7) is 0.130. The molecule has 234 valence electrons. The van der Waals surface area contributed by atoms with E-state index in [4.69, 9.17) is 22.9 Å². The van der Waals surface area contributed by atoms with Gasteiger partial charge in [0.15, 0.2) is 5.96 Å². The zero-order chi connectivity index (χ0) is 31.9. The molecule has 0 fully saturated rings. The summed E-state index contributed by atoms with van der Waals surface area (Å²) in [5.74, 6) is -4.61. The minimum atomic E-state index is -1.38. The van der Waals surface area contributed by atoms with Crippen LogP contribution in [0.4, 0.5) is 0 Å². The summed E-state index contributed by atoms with van der Waals surface area (Å²) in [6, 6.07) is 0.868. The molecule has 0 saturated carbocycles. The number of aromatic amines is 1. The van der Waals surface area contributed by atoms with Gasteiger partial charge in [0.25, 0.3) is 0 Å². The van der Waals surface area contributed by atoms with Gasteiger partial charge in [0.1, 0.15) is 23.9 Å². The third kappa shape index (κ3) is 12.5. The second-order valence-electron chi connectivity index (χ2n) is 9.73. The molecular weight excluding hydrogens is 564 g/mol. The largest absolute Gasteiger partial charge is 0.508 e. The van der Waals surface area contributed by atoms with Crippen molar-refractivity contribution in [2.75, 3.05) is 6.54 Å². The number of nitrogens with zero attached hydrogens (tertiary/aromatic N) is 2. The highest BCUT2D eigenvalue weighted by Gasteiger charge is 2.31. The van der Waals surface area contributed by atoms with E-state index in [2.05, 4.69) is 30.9 Å². The average molecular weight is 603 g/mol. The van der Waals surface area contributed by atoms with E-state index < -0.39 is 53.8 Å². The maximum Gasteiger partial charge on any atom is 0.326 e. The Morgan fingerprint density at radius 1 is 0.884 bits per heavy atom. The third-order valence-electron chi connectivity index (χ3n) is 6.21. The van der Waals surface area contributed by atoms with E-state index in [1.807, 2.05) is 0 Å². The van der Waals surface area contributed by atoms with Gasteiger partial charge in [-0.3, -0.25) is 24.2 Å². The van der Waals surface area contributed by atoms with Crippen molar-refractivity contribution in [3.05, 3.63) is 48.0 Å². The Hall–Kier alpha value is -5.19. The molecule has 0 bridgehead atoms. The van der Waals surface area contributed by atoms with E-state index in [9.17, 15) is 34.2 Å². The first-order valence-corrected chi connectivity index (χ1v) is 13.3. The van der Waals surface area contributed by atoms with Gasteiger partial charge < -0.3 is 54.1 Å². The van der Waals surface area contributed by atoms with Gasteiger partial charge in [0, 0.05) is 37.7 Å². The smallest absolute Gasteiger partial charge is 0.326 e. The summed E-state index contributed by atoms with van der Waals surface area (Å²) in [5.41, 5.74) is 23.0. The minimum absolute atomic E-state index is 0.00941. The van der Waals surface area contributed by atoms with Crippen molar-refractivity contribution in [3.8, 4) is 5.75 Å². The summed E-state index contributed by atoms with van der Waals surface area (Å²) in [4.78, 5) is 73.2. The highest BCUT2D eigenvalue weighted by molar-refractivity contribution is 5.94. The number of aliphatic carboxylic acids is 1. The average Bonchev–Trinajstić information content (AvgIpc) is 3.45. The van der Waals surface area contributed by atoms with Crippen LogP contribution in [0.3, 0.4) is 0 Å². The van der Waals surface area contributed by atoms with Crippen LogP contribution in [0, 0.1) is 0 Å². The fraction of sp³-hybridized carbons (Fsp3) is 0.423. The number of aromatic hydroxyl groups is 1. The molecule has 2 rings (SSSR count). The first-order valence-electron chi connectivity index (χ1n) is 13.3. The molecular formula is C26H38N10O7. The fourth-order valence-electron chi connectivity index (χ4n) is 3.94. The molecule has 17 heteroatoms. The second-order valence-corrected chi connectivity index (χ2v) is 9.73. The maximum absolute atomic E-state index is 13.5. The molecule has 0 aliphatic rings. The summed E-state index contributed by atoms with van der Waals surface area (Å²) in [6.07, 6.45) is 2.63. The second kappa shape index (κ2) is 16.9. The normalized spacial score (nSPS) is 13.5. The number of carboxylic acid groups (broad SMARTS) is 1. The highest BCUT2D eigenvalue weighted by Crippen LogP contribution is 2.12. The molecule has 14 N–H and O–H groups in total. The van der Waals surface area contributed by atoms with Crippen molar-refractivity contribution in [1.29, 1.82) is 0 Å². The Morgan fingerprint density at radius 2 is 1.51 bits per heavy atom. The number of hydrogen-bond acceptors (Lipinski definition) is 9. The number of amides is 4. The van der Waals surface area contributed by atoms with E-state index in [1.54, 1.807) is 12.1 Å². The molecule has 0 aliphatic heterocycles. The molecule has 0 saturated heterocycles. The number of benzene rings is 1. The fourth-order valence-corrected chi connectivity index (χ4v) is 3.94. The number of nitrogens with one attached hydrogen (secondary N) is 4. The lowest BCUT2D eigenvalue weighted by molar-refractivity contribution is -0.142. The van der Waals surface area contributed by atoms with Crippen molar-refractivity contribution in [2.45, 2.75) is 62.7 Å². The Balaban J connectivity index is 2.21. The van der Waals surface area contributed by atoms with Crippen molar-refractivity contribution in [3.63, 3.8) is 0 Å². The first kappa shape index (κ1) is 34.0. The van der Waals surface area contributed by atoms with Crippen LogP contribution in [-0.2, 0) is 36.8 Å². The molecule has 1 aromatic carbocycles. The van der Waals surface area contributed by atoms with Gasteiger partial charge in [0.05, 0.1) is 12.4 Å². The van der Waals surface area contributed by atoms with E-state index in [0.717, 1.165) is 0 Å². The Bertz CT molecular complexity index is 1260. The van der Waals surface area contributed by atoms with Crippen molar-refractivity contribution in [1.82, 2.24) is 25.9 Å². The van der Waals surface area contributed by atoms with Crippen LogP contribution < -0.4 is 38.9 Å². The van der Waals surface area contributed by atoms with E-state index in [-0.39, 0.29) is 56.8 Å². The number of aliphatic imine (C=N–C) groups is 1. The molecule has 0 spiro atoms. The minimum Gasteiger partial charge on any atom is -0.508 e. The van der Waals surface area contributed by atoms with Gasteiger partial charge in [-0.1, -0.05) is 12.1 Å². The molecule has 4 amide bonds. The number of rotatable bonds is 18. The van der Waals surface area contributed by atoms with E-state index >= 15 is 0 Å². The Kier molecular flexibility index (Phi) is 13.4. The lowest BCUT2D eigenvalue weighted by atomic mass is 10.0. The van der Waals surface area contributed by atoms with Gasteiger partial charge in [-0.15, -0.1) is 0 Å². The van der Waals surface area contributed by atoms with Crippen LogP contribution in [0.25, 0.3) is 0 Å². The third-order valence-corrected chi connectivity index (χ3v) is 6.21. The molecule has 4 unspecified atom stereocenters. The standard InChI is InChI=1S/C26H38N10O7/c27-17(11-15-12-31-13-33-15)22(39)36-20(10-14-3-5-16(37)6-4-14)24(41)34-18(7-8-21(28)38)23(40)35-19(25(42)43)2-1-9-32-26(29)30/h3-6,12-13,17-20,37H,1-2,7-11,27H2,(H2,28,38)(H,31,33)(H,34,41)(H,35,40)(H,36,39)(H,42,43)(H4,29,30,32). The van der Waals surface area contributed by atoms with Crippen LogP contribution >= 0.6 is 0 Å². The molecule has 2 aromatic rings. The zero-order valence-corrected chi connectivity index (χ0v) is 23.4.